The van der Waals surface area contributed by atoms with Gasteiger partial charge in [0.15, 0.2) is 5.96 Å². The molecule has 0 spiro atoms. The van der Waals surface area contributed by atoms with Gasteiger partial charge in [-0.2, -0.15) is 0 Å². The molecular weight excluding hydrogens is 328 g/mol. The highest BCUT2D eigenvalue weighted by Gasteiger charge is 2.09. The monoisotopic (exact) mass is 350 g/mol. The van der Waals surface area contributed by atoms with Crippen molar-refractivity contribution in [3.63, 3.8) is 0 Å². The van der Waals surface area contributed by atoms with E-state index in [9.17, 15) is 0 Å². The molecule has 0 amide bonds. The number of benzene rings is 1. The van der Waals surface area contributed by atoms with Gasteiger partial charge in [0.05, 0.1) is 16.7 Å². The van der Waals surface area contributed by atoms with Crippen LogP contribution in [0.15, 0.2) is 29.3 Å². The zero-order valence-corrected chi connectivity index (χ0v) is 15.6. The number of aliphatic imine (C=N–C) groups is 1. The topological polar surface area (TPSA) is 49.3 Å². The summed E-state index contributed by atoms with van der Waals surface area (Å²) in [5.41, 5.74) is 2.30. The molecule has 1 aromatic heterocycles. The van der Waals surface area contributed by atoms with Crippen molar-refractivity contribution in [1.29, 1.82) is 0 Å². The Morgan fingerprint density at radius 1 is 1.30 bits per heavy atom. The molecule has 0 aliphatic carbocycles. The van der Waals surface area contributed by atoms with Crippen molar-refractivity contribution in [3.8, 4) is 0 Å². The van der Waals surface area contributed by atoms with Gasteiger partial charge >= 0.3 is 0 Å². The SMILES string of the molecule is CN=C(NCCc1sc(C)nc1C)NC(C)c1ccc(Cl)cc1. The van der Waals surface area contributed by atoms with Crippen LogP contribution in [0.25, 0.3) is 0 Å². The summed E-state index contributed by atoms with van der Waals surface area (Å²) in [7, 11) is 1.78. The second-order valence-corrected chi connectivity index (χ2v) is 7.13. The maximum absolute atomic E-state index is 5.93. The highest BCUT2D eigenvalue weighted by molar-refractivity contribution is 7.11. The van der Waals surface area contributed by atoms with E-state index in [0.29, 0.717) is 0 Å². The van der Waals surface area contributed by atoms with Crippen LogP contribution in [0, 0.1) is 13.8 Å². The van der Waals surface area contributed by atoms with Gasteiger partial charge in [0.25, 0.3) is 0 Å². The smallest absolute Gasteiger partial charge is 0.191 e. The molecule has 0 fully saturated rings. The second-order valence-electron chi connectivity index (χ2n) is 5.41. The molecule has 0 saturated carbocycles. The third-order valence-corrected chi connectivity index (χ3v) is 4.98. The zero-order chi connectivity index (χ0) is 16.8. The van der Waals surface area contributed by atoms with Crippen LogP contribution < -0.4 is 10.6 Å². The van der Waals surface area contributed by atoms with E-state index < -0.39 is 0 Å². The minimum absolute atomic E-state index is 0.158. The number of aromatic nitrogens is 1. The molecule has 1 heterocycles. The number of hydrogen-bond acceptors (Lipinski definition) is 3. The van der Waals surface area contributed by atoms with E-state index in [0.717, 1.165) is 34.6 Å². The van der Waals surface area contributed by atoms with Crippen LogP contribution >= 0.6 is 22.9 Å². The van der Waals surface area contributed by atoms with E-state index >= 15 is 0 Å². The molecule has 23 heavy (non-hydrogen) atoms. The van der Waals surface area contributed by atoms with Gasteiger partial charge in [-0.05, 0) is 38.5 Å². The summed E-state index contributed by atoms with van der Waals surface area (Å²) in [5, 5.41) is 8.62. The Morgan fingerprint density at radius 2 is 2.00 bits per heavy atom. The average molecular weight is 351 g/mol. The van der Waals surface area contributed by atoms with Crippen LogP contribution in [0.1, 0.15) is 34.1 Å². The van der Waals surface area contributed by atoms with Gasteiger partial charge in [-0.1, -0.05) is 23.7 Å². The summed E-state index contributed by atoms with van der Waals surface area (Å²) in [6.45, 7) is 7.04. The Labute approximate surface area is 147 Å². The third-order valence-electron chi connectivity index (χ3n) is 3.59. The molecule has 0 aliphatic heterocycles. The quantitative estimate of drug-likeness (QED) is 0.635. The Bertz CT molecular complexity index is 664. The standard InChI is InChI=1S/C17H23ClN4S/c1-11(14-5-7-15(18)8-6-14)22-17(19-4)20-10-9-16-12(2)21-13(3)23-16/h5-8,11H,9-10H2,1-4H3,(H2,19,20,22). The van der Waals surface area contributed by atoms with Crippen molar-refractivity contribution in [2.24, 2.45) is 4.99 Å². The maximum Gasteiger partial charge on any atom is 0.191 e. The Kier molecular flexibility index (Phi) is 6.42. The van der Waals surface area contributed by atoms with Crippen LogP contribution in [0.5, 0.6) is 0 Å². The first-order chi connectivity index (χ1) is 11.0. The number of aryl methyl sites for hydroxylation is 2. The van der Waals surface area contributed by atoms with E-state index in [2.05, 4.69) is 34.5 Å². The van der Waals surface area contributed by atoms with Crippen LogP contribution in [0.3, 0.4) is 0 Å². The van der Waals surface area contributed by atoms with Crippen LogP contribution in [-0.2, 0) is 6.42 Å². The number of hydrogen-bond donors (Lipinski definition) is 2. The molecule has 6 heteroatoms. The molecule has 2 aromatic rings. The number of nitrogens with zero attached hydrogens (tertiary/aromatic N) is 2. The predicted molar refractivity (Wildman–Crippen MR) is 99.7 cm³/mol. The van der Waals surface area contributed by atoms with E-state index in [1.165, 1.54) is 10.4 Å². The summed E-state index contributed by atoms with van der Waals surface area (Å²) < 4.78 is 0. The highest BCUT2D eigenvalue weighted by Crippen LogP contribution is 2.17. The van der Waals surface area contributed by atoms with E-state index in [1.54, 1.807) is 18.4 Å². The summed E-state index contributed by atoms with van der Waals surface area (Å²) in [6, 6.07) is 8.01. The maximum atomic E-state index is 5.93. The molecule has 1 atom stereocenters. The molecule has 4 nitrogen and oxygen atoms in total. The van der Waals surface area contributed by atoms with Gasteiger partial charge in [-0.25, -0.2) is 4.98 Å². The Balaban J connectivity index is 1.85. The average Bonchev–Trinajstić information content (AvgIpc) is 2.84. The number of halogens is 1. The molecule has 2 rings (SSSR count). The molecule has 1 unspecified atom stereocenters. The third kappa shape index (κ3) is 5.22. The van der Waals surface area contributed by atoms with Crippen molar-refractivity contribution < 1.29 is 0 Å². The minimum atomic E-state index is 0.158. The van der Waals surface area contributed by atoms with Gasteiger partial charge in [0, 0.05) is 29.9 Å². The highest BCUT2D eigenvalue weighted by atomic mass is 35.5. The summed E-state index contributed by atoms with van der Waals surface area (Å²) in [4.78, 5) is 10.1. The van der Waals surface area contributed by atoms with Crippen molar-refractivity contribution in [1.82, 2.24) is 15.6 Å². The van der Waals surface area contributed by atoms with Crippen LogP contribution in [0.2, 0.25) is 5.02 Å². The zero-order valence-electron chi connectivity index (χ0n) is 14.0. The molecule has 0 saturated heterocycles. The van der Waals surface area contributed by atoms with Crippen molar-refractivity contribution >= 4 is 28.9 Å². The number of rotatable bonds is 5. The van der Waals surface area contributed by atoms with Gasteiger partial charge in [-0.15, -0.1) is 11.3 Å². The normalized spacial score (nSPS) is 13.0. The molecule has 0 bridgehead atoms. The van der Waals surface area contributed by atoms with Gasteiger partial charge < -0.3 is 10.6 Å². The molecular formula is C17H23ClN4S. The summed E-state index contributed by atoms with van der Waals surface area (Å²) >= 11 is 7.69. The first-order valence-corrected chi connectivity index (χ1v) is 8.84. The summed E-state index contributed by atoms with van der Waals surface area (Å²) in [5.74, 6) is 0.798. The molecule has 1 aromatic carbocycles. The first kappa shape index (κ1) is 17.8. The fourth-order valence-corrected chi connectivity index (χ4v) is 3.40. The molecule has 0 radical (unpaired) electrons. The van der Waals surface area contributed by atoms with Gasteiger partial charge in [0.1, 0.15) is 0 Å². The lowest BCUT2D eigenvalue weighted by Gasteiger charge is -2.18. The molecule has 124 valence electrons. The first-order valence-electron chi connectivity index (χ1n) is 7.65. The van der Waals surface area contributed by atoms with Crippen molar-refractivity contribution in [2.45, 2.75) is 33.2 Å². The van der Waals surface area contributed by atoms with Gasteiger partial charge in [-0.3, -0.25) is 4.99 Å². The fraction of sp³-hybridized carbons (Fsp3) is 0.412. The lowest BCUT2D eigenvalue weighted by molar-refractivity contribution is 0.685. The van der Waals surface area contributed by atoms with Crippen LogP contribution in [0.4, 0.5) is 0 Å². The van der Waals surface area contributed by atoms with E-state index in [4.69, 9.17) is 11.6 Å². The fourth-order valence-electron chi connectivity index (χ4n) is 2.33. The lowest BCUT2D eigenvalue weighted by Crippen LogP contribution is -2.39. The largest absolute Gasteiger partial charge is 0.356 e. The van der Waals surface area contributed by atoms with Crippen molar-refractivity contribution in [3.05, 3.63) is 50.4 Å². The van der Waals surface area contributed by atoms with E-state index in [1.807, 2.05) is 31.2 Å². The summed E-state index contributed by atoms with van der Waals surface area (Å²) in [6.07, 6.45) is 0.952. The Hall–Kier alpha value is -1.59. The van der Waals surface area contributed by atoms with E-state index in [-0.39, 0.29) is 6.04 Å². The van der Waals surface area contributed by atoms with Crippen LogP contribution in [-0.4, -0.2) is 24.5 Å². The number of guanidine groups is 1. The molecule has 0 aliphatic rings. The van der Waals surface area contributed by atoms with Gasteiger partial charge in [0.2, 0.25) is 0 Å². The Morgan fingerprint density at radius 3 is 2.57 bits per heavy atom. The number of thiazole rings is 1. The second kappa shape index (κ2) is 8.31. The van der Waals surface area contributed by atoms with Crippen molar-refractivity contribution in [2.75, 3.05) is 13.6 Å². The lowest BCUT2D eigenvalue weighted by atomic mass is 10.1. The minimum Gasteiger partial charge on any atom is -0.356 e. The number of nitrogens with one attached hydrogen (secondary N) is 2. The predicted octanol–water partition coefficient (Wildman–Crippen LogP) is 3.88. The molecule has 2 N–H and O–H groups in total.